The third-order valence-corrected chi connectivity index (χ3v) is 4.65. The summed E-state index contributed by atoms with van der Waals surface area (Å²) in [7, 11) is 0. The summed E-state index contributed by atoms with van der Waals surface area (Å²) in [6, 6.07) is 17.9. The summed E-state index contributed by atoms with van der Waals surface area (Å²) < 4.78 is 5.28. The molecule has 0 bridgehead atoms. The molecular formula is C23H17Cl2N3O4. The number of carbonyl (C=O) groups excluding carboxylic acids is 3. The van der Waals surface area contributed by atoms with Gasteiger partial charge in [0.1, 0.15) is 5.75 Å². The molecule has 3 aromatic rings. The fourth-order valence-electron chi connectivity index (χ4n) is 2.57. The van der Waals surface area contributed by atoms with Crippen LogP contribution in [0.5, 0.6) is 5.75 Å². The number of esters is 1. The van der Waals surface area contributed by atoms with Gasteiger partial charge in [0.05, 0.1) is 16.8 Å². The smallest absolute Gasteiger partial charge is 0.345 e. The van der Waals surface area contributed by atoms with Crippen LogP contribution in [0.4, 0.5) is 5.69 Å². The van der Waals surface area contributed by atoms with Crippen molar-refractivity contribution in [1.29, 1.82) is 0 Å². The number of benzene rings is 3. The van der Waals surface area contributed by atoms with Crippen molar-refractivity contribution >= 4 is 52.9 Å². The first-order chi connectivity index (χ1) is 15.3. The summed E-state index contributed by atoms with van der Waals surface area (Å²) in [5.41, 5.74) is 4.41. The lowest BCUT2D eigenvalue weighted by Gasteiger charge is -2.06. The Bertz CT molecular complexity index is 1190. The van der Waals surface area contributed by atoms with Crippen LogP contribution < -0.4 is 15.5 Å². The molecule has 162 valence electrons. The molecule has 32 heavy (non-hydrogen) atoms. The largest absolute Gasteiger partial charge is 0.423 e. The van der Waals surface area contributed by atoms with Gasteiger partial charge in [-0.2, -0.15) is 5.10 Å². The Kier molecular flexibility index (Phi) is 7.59. The van der Waals surface area contributed by atoms with E-state index in [0.29, 0.717) is 22.0 Å². The second-order valence-electron chi connectivity index (χ2n) is 6.61. The Morgan fingerprint density at radius 2 is 1.69 bits per heavy atom. The molecule has 0 atom stereocenters. The number of anilines is 1. The van der Waals surface area contributed by atoms with Crippen molar-refractivity contribution < 1.29 is 19.1 Å². The zero-order valence-electron chi connectivity index (χ0n) is 16.8. The molecule has 2 amide bonds. The quantitative estimate of drug-likeness (QED) is 0.187. The van der Waals surface area contributed by atoms with Gasteiger partial charge in [0.15, 0.2) is 0 Å². The van der Waals surface area contributed by atoms with Gasteiger partial charge in [-0.05, 0) is 72.6 Å². The maximum absolute atomic E-state index is 12.2. The first-order valence-corrected chi connectivity index (χ1v) is 10.1. The average molecular weight is 470 g/mol. The number of rotatable bonds is 5. The van der Waals surface area contributed by atoms with Crippen LogP contribution in [0.2, 0.25) is 10.0 Å². The van der Waals surface area contributed by atoms with Crippen LogP contribution in [0.3, 0.4) is 0 Å². The maximum Gasteiger partial charge on any atom is 0.345 e. The summed E-state index contributed by atoms with van der Waals surface area (Å²) in [6.45, 7) is 1.87. The summed E-state index contributed by atoms with van der Waals surface area (Å²) >= 11 is 11.8. The minimum Gasteiger partial charge on any atom is -0.423 e. The van der Waals surface area contributed by atoms with Gasteiger partial charge in [-0.1, -0.05) is 35.3 Å². The van der Waals surface area contributed by atoms with Crippen LogP contribution in [0.1, 0.15) is 21.5 Å². The molecule has 7 nitrogen and oxygen atoms in total. The fourth-order valence-corrected chi connectivity index (χ4v) is 3.05. The predicted molar refractivity (Wildman–Crippen MR) is 123 cm³/mol. The maximum atomic E-state index is 12.2. The number of ether oxygens (including phenoxy) is 1. The van der Waals surface area contributed by atoms with Gasteiger partial charge < -0.3 is 10.1 Å². The average Bonchev–Trinajstić information content (AvgIpc) is 2.74. The van der Waals surface area contributed by atoms with Crippen LogP contribution in [-0.4, -0.2) is 24.0 Å². The van der Waals surface area contributed by atoms with Gasteiger partial charge in [-0.15, -0.1) is 0 Å². The standard InChI is InChI=1S/C23H17Cl2N3O4/c1-14-3-2-4-17(11-14)27-21(29)22(30)28-26-13-15-5-8-18(9-6-15)32-23(31)19-10-7-16(24)12-20(19)25/h2-13H,1H3,(H,27,29)(H,28,30)/b26-13-. The van der Waals surface area contributed by atoms with E-state index in [4.69, 9.17) is 27.9 Å². The number of amides is 2. The molecule has 3 aromatic carbocycles. The molecule has 0 aliphatic carbocycles. The molecule has 0 fully saturated rings. The number of carbonyl (C=O) groups is 3. The Morgan fingerprint density at radius 3 is 2.38 bits per heavy atom. The minimum atomic E-state index is -0.909. The van der Waals surface area contributed by atoms with Crippen molar-refractivity contribution in [3.8, 4) is 5.75 Å². The Hall–Kier alpha value is -3.68. The Balaban J connectivity index is 1.53. The molecule has 0 aliphatic rings. The third kappa shape index (κ3) is 6.41. The fraction of sp³-hybridized carbons (Fsp3) is 0.0435. The summed E-state index contributed by atoms with van der Waals surface area (Å²) in [5.74, 6) is -2.08. The van der Waals surface area contributed by atoms with E-state index < -0.39 is 17.8 Å². The highest BCUT2D eigenvalue weighted by Gasteiger charge is 2.14. The molecule has 9 heteroatoms. The van der Waals surface area contributed by atoms with Crippen molar-refractivity contribution in [2.24, 2.45) is 5.10 Å². The van der Waals surface area contributed by atoms with Gasteiger partial charge >= 0.3 is 17.8 Å². The van der Waals surface area contributed by atoms with Gasteiger partial charge in [0.25, 0.3) is 0 Å². The number of hydrogen-bond acceptors (Lipinski definition) is 5. The Morgan fingerprint density at radius 1 is 0.938 bits per heavy atom. The molecule has 0 heterocycles. The molecule has 0 aliphatic heterocycles. The molecule has 0 spiro atoms. The van der Waals surface area contributed by atoms with Gasteiger partial charge in [0.2, 0.25) is 0 Å². The van der Waals surface area contributed by atoms with E-state index in [9.17, 15) is 14.4 Å². The van der Waals surface area contributed by atoms with E-state index >= 15 is 0 Å². The van der Waals surface area contributed by atoms with E-state index in [1.54, 1.807) is 48.5 Å². The lowest BCUT2D eigenvalue weighted by Crippen LogP contribution is -2.32. The van der Waals surface area contributed by atoms with E-state index in [2.05, 4.69) is 15.8 Å². The van der Waals surface area contributed by atoms with Crippen molar-refractivity contribution in [2.75, 3.05) is 5.32 Å². The van der Waals surface area contributed by atoms with E-state index in [1.807, 2.05) is 13.0 Å². The van der Waals surface area contributed by atoms with Crippen molar-refractivity contribution in [1.82, 2.24) is 5.43 Å². The number of nitrogens with zero attached hydrogens (tertiary/aromatic N) is 1. The normalized spacial score (nSPS) is 10.6. The number of hydrazone groups is 1. The van der Waals surface area contributed by atoms with Crippen molar-refractivity contribution in [2.45, 2.75) is 6.92 Å². The van der Waals surface area contributed by atoms with Gasteiger partial charge in [0, 0.05) is 10.7 Å². The van der Waals surface area contributed by atoms with Gasteiger partial charge in [-0.25, -0.2) is 10.2 Å². The van der Waals surface area contributed by atoms with E-state index in [1.165, 1.54) is 18.3 Å². The highest BCUT2D eigenvalue weighted by molar-refractivity contribution is 6.39. The van der Waals surface area contributed by atoms with Crippen molar-refractivity contribution in [3.05, 3.63) is 93.5 Å². The van der Waals surface area contributed by atoms with Crippen LogP contribution in [0, 0.1) is 6.92 Å². The lowest BCUT2D eigenvalue weighted by atomic mass is 10.2. The molecule has 0 aromatic heterocycles. The summed E-state index contributed by atoms with van der Waals surface area (Å²) in [6.07, 6.45) is 1.35. The third-order valence-electron chi connectivity index (χ3n) is 4.10. The topological polar surface area (TPSA) is 96.9 Å². The number of hydrogen-bond donors (Lipinski definition) is 2. The number of aryl methyl sites for hydroxylation is 1. The number of halogens is 2. The SMILES string of the molecule is Cc1cccc(NC(=O)C(=O)N/N=C\c2ccc(OC(=O)c3ccc(Cl)cc3Cl)cc2)c1. The van der Waals surface area contributed by atoms with Crippen molar-refractivity contribution in [3.63, 3.8) is 0 Å². The molecular weight excluding hydrogens is 453 g/mol. The highest BCUT2D eigenvalue weighted by atomic mass is 35.5. The lowest BCUT2D eigenvalue weighted by molar-refractivity contribution is -0.136. The second kappa shape index (κ2) is 10.6. The highest BCUT2D eigenvalue weighted by Crippen LogP contribution is 2.23. The second-order valence-corrected chi connectivity index (χ2v) is 7.45. The van der Waals surface area contributed by atoms with Crippen LogP contribution in [-0.2, 0) is 9.59 Å². The van der Waals surface area contributed by atoms with Crippen LogP contribution >= 0.6 is 23.2 Å². The summed E-state index contributed by atoms with van der Waals surface area (Å²) in [5, 5.41) is 6.84. The first kappa shape index (κ1) is 23.0. The molecule has 0 saturated heterocycles. The monoisotopic (exact) mass is 469 g/mol. The number of nitrogens with one attached hydrogen (secondary N) is 2. The molecule has 0 saturated carbocycles. The Labute approximate surface area is 194 Å². The summed E-state index contributed by atoms with van der Waals surface area (Å²) in [4.78, 5) is 36.0. The molecule has 0 unspecified atom stereocenters. The first-order valence-electron chi connectivity index (χ1n) is 9.30. The molecule has 0 radical (unpaired) electrons. The van der Waals surface area contributed by atoms with E-state index in [-0.39, 0.29) is 10.6 Å². The molecule has 3 rings (SSSR count). The minimum absolute atomic E-state index is 0.188. The van der Waals surface area contributed by atoms with Gasteiger partial charge in [-0.3, -0.25) is 9.59 Å². The zero-order chi connectivity index (χ0) is 23.1. The predicted octanol–water partition coefficient (Wildman–Crippen LogP) is 4.61. The van der Waals surface area contributed by atoms with E-state index in [0.717, 1.165) is 5.56 Å². The van der Waals surface area contributed by atoms with Crippen LogP contribution in [0.25, 0.3) is 0 Å². The molecule has 2 N–H and O–H groups in total. The zero-order valence-corrected chi connectivity index (χ0v) is 18.3. The van der Waals surface area contributed by atoms with Crippen LogP contribution in [0.15, 0.2) is 71.8 Å².